The predicted molar refractivity (Wildman–Crippen MR) is 136 cm³/mol. The highest BCUT2D eigenvalue weighted by Gasteiger charge is 2.38. The van der Waals surface area contributed by atoms with E-state index in [4.69, 9.17) is 14.2 Å². The first-order valence-corrected chi connectivity index (χ1v) is 11.8. The topological polar surface area (TPSA) is 77.1 Å². The lowest BCUT2D eigenvalue weighted by atomic mass is 10.1. The van der Waals surface area contributed by atoms with Gasteiger partial charge in [-0.15, -0.1) is 0 Å². The standard InChI is InChI=1S/C27H26N2O5S/c1-32-21-12-9-19(10-13-21)27-29(28-25(30)15-18-7-5-4-6-8-18)26(31)24(35-27)16-20-11-14-22(33-2)17-23(20)34-3/h4-14,16-17,27H,15H2,1-3H3,(H,28,30)/b24-16-/t27-/m1/s1. The van der Waals surface area contributed by atoms with E-state index in [0.717, 1.165) is 16.7 Å². The molecular weight excluding hydrogens is 464 g/mol. The van der Waals surface area contributed by atoms with Crippen molar-refractivity contribution in [3.05, 3.63) is 94.4 Å². The van der Waals surface area contributed by atoms with Crippen LogP contribution in [0.3, 0.4) is 0 Å². The molecule has 0 aromatic heterocycles. The van der Waals surface area contributed by atoms with Crippen molar-refractivity contribution >= 4 is 29.7 Å². The van der Waals surface area contributed by atoms with Gasteiger partial charge in [-0.3, -0.25) is 15.0 Å². The fraction of sp³-hybridized carbons (Fsp3) is 0.185. The molecule has 1 heterocycles. The number of methoxy groups -OCH3 is 3. The van der Waals surface area contributed by atoms with Gasteiger partial charge < -0.3 is 14.2 Å². The Morgan fingerprint density at radius 1 is 0.943 bits per heavy atom. The number of nitrogens with zero attached hydrogens (tertiary/aromatic N) is 1. The largest absolute Gasteiger partial charge is 0.497 e. The van der Waals surface area contributed by atoms with Gasteiger partial charge in [-0.25, -0.2) is 5.01 Å². The Hall–Kier alpha value is -3.91. The van der Waals surface area contributed by atoms with Gasteiger partial charge in [0, 0.05) is 11.6 Å². The number of ether oxygens (including phenoxy) is 3. The minimum absolute atomic E-state index is 0.163. The lowest BCUT2D eigenvalue weighted by Crippen LogP contribution is -2.44. The molecule has 2 amide bonds. The van der Waals surface area contributed by atoms with Gasteiger partial charge in [-0.2, -0.15) is 0 Å². The van der Waals surface area contributed by atoms with Gasteiger partial charge >= 0.3 is 0 Å². The van der Waals surface area contributed by atoms with Crippen LogP contribution in [0.25, 0.3) is 6.08 Å². The second-order valence-corrected chi connectivity index (χ2v) is 8.85. The third-order valence-electron chi connectivity index (χ3n) is 5.48. The van der Waals surface area contributed by atoms with Crippen molar-refractivity contribution in [1.29, 1.82) is 0 Å². The molecule has 1 N–H and O–H groups in total. The first-order valence-electron chi connectivity index (χ1n) is 10.9. The lowest BCUT2D eigenvalue weighted by Gasteiger charge is -2.24. The van der Waals surface area contributed by atoms with Crippen LogP contribution in [0.2, 0.25) is 0 Å². The highest BCUT2D eigenvalue weighted by Crippen LogP contribution is 2.46. The van der Waals surface area contributed by atoms with Crippen LogP contribution in [0.4, 0.5) is 0 Å². The van der Waals surface area contributed by atoms with Gasteiger partial charge in [0.15, 0.2) is 0 Å². The summed E-state index contributed by atoms with van der Waals surface area (Å²) < 4.78 is 16.0. The monoisotopic (exact) mass is 490 g/mol. The Balaban J connectivity index is 1.64. The molecule has 1 atom stereocenters. The molecule has 7 nitrogen and oxygen atoms in total. The Bertz CT molecular complexity index is 1230. The first kappa shape index (κ1) is 24.2. The van der Waals surface area contributed by atoms with Crippen LogP contribution < -0.4 is 19.6 Å². The number of carbonyl (C=O) groups is 2. The van der Waals surface area contributed by atoms with Gasteiger partial charge in [0.25, 0.3) is 5.91 Å². The lowest BCUT2D eigenvalue weighted by molar-refractivity contribution is -0.137. The molecule has 1 aliphatic rings. The normalized spacial score (nSPS) is 16.3. The summed E-state index contributed by atoms with van der Waals surface area (Å²) in [5, 5.41) is 0.947. The van der Waals surface area contributed by atoms with E-state index in [0.29, 0.717) is 22.2 Å². The van der Waals surface area contributed by atoms with Crippen LogP contribution in [0.1, 0.15) is 22.1 Å². The highest BCUT2D eigenvalue weighted by molar-refractivity contribution is 8.04. The summed E-state index contributed by atoms with van der Waals surface area (Å²) >= 11 is 1.36. The Labute approximate surface area is 208 Å². The molecule has 4 rings (SSSR count). The molecule has 3 aromatic rings. The number of hydrogen-bond acceptors (Lipinski definition) is 6. The van der Waals surface area contributed by atoms with Gasteiger partial charge in [-0.05, 0) is 41.5 Å². The van der Waals surface area contributed by atoms with E-state index in [2.05, 4.69) is 5.43 Å². The average molecular weight is 491 g/mol. The second kappa shape index (κ2) is 11.0. The number of nitrogens with one attached hydrogen (secondary N) is 1. The van der Waals surface area contributed by atoms with Crippen LogP contribution in [-0.4, -0.2) is 38.2 Å². The van der Waals surface area contributed by atoms with Gasteiger partial charge in [-0.1, -0.05) is 54.2 Å². The Morgan fingerprint density at radius 2 is 1.63 bits per heavy atom. The molecule has 3 aromatic carbocycles. The van der Waals surface area contributed by atoms with Crippen molar-refractivity contribution in [3.8, 4) is 17.2 Å². The summed E-state index contributed by atoms with van der Waals surface area (Å²) in [5.74, 6) is 1.38. The van der Waals surface area contributed by atoms with Crippen LogP contribution >= 0.6 is 11.8 Å². The maximum atomic E-state index is 13.5. The average Bonchev–Trinajstić information content (AvgIpc) is 3.19. The molecule has 0 aliphatic carbocycles. The van der Waals surface area contributed by atoms with E-state index in [-0.39, 0.29) is 18.2 Å². The molecule has 0 unspecified atom stereocenters. The van der Waals surface area contributed by atoms with Crippen molar-refractivity contribution in [2.75, 3.05) is 21.3 Å². The van der Waals surface area contributed by atoms with Gasteiger partial charge in [0.05, 0.1) is 32.7 Å². The maximum absolute atomic E-state index is 13.5. The molecule has 180 valence electrons. The summed E-state index contributed by atoms with van der Waals surface area (Å²) in [6, 6.07) is 22.2. The smallest absolute Gasteiger partial charge is 0.280 e. The van der Waals surface area contributed by atoms with Gasteiger partial charge in [0.1, 0.15) is 22.6 Å². The highest BCUT2D eigenvalue weighted by atomic mass is 32.2. The molecule has 1 aliphatic heterocycles. The van der Waals surface area contributed by atoms with Gasteiger partial charge in [0.2, 0.25) is 5.91 Å². The minimum atomic E-state index is -0.441. The van der Waals surface area contributed by atoms with E-state index < -0.39 is 5.37 Å². The van der Waals surface area contributed by atoms with Crippen molar-refractivity contribution in [2.45, 2.75) is 11.8 Å². The van der Waals surface area contributed by atoms with E-state index >= 15 is 0 Å². The van der Waals surface area contributed by atoms with Crippen molar-refractivity contribution in [1.82, 2.24) is 10.4 Å². The van der Waals surface area contributed by atoms with Crippen molar-refractivity contribution < 1.29 is 23.8 Å². The quantitative estimate of drug-likeness (QED) is 0.465. The fourth-order valence-corrected chi connectivity index (χ4v) is 4.86. The summed E-state index contributed by atoms with van der Waals surface area (Å²) in [5.41, 5.74) is 5.27. The molecule has 0 spiro atoms. The number of rotatable bonds is 8. The molecule has 1 saturated heterocycles. The first-order chi connectivity index (χ1) is 17.0. The van der Waals surface area contributed by atoms with E-state index in [1.54, 1.807) is 39.5 Å². The third kappa shape index (κ3) is 5.60. The number of thioether (sulfide) groups is 1. The number of amides is 2. The molecule has 0 radical (unpaired) electrons. The summed E-state index contributed by atoms with van der Waals surface area (Å²) in [4.78, 5) is 26.8. The molecule has 0 saturated carbocycles. The molecule has 1 fully saturated rings. The zero-order valence-corrected chi connectivity index (χ0v) is 20.5. The van der Waals surface area contributed by atoms with Crippen molar-refractivity contribution in [3.63, 3.8) is 0 Å². The minimum Gasteiger partial charge on any atom is -0.497 e. The summed E-state index contributed by atoms with van der Waals surface area (Å²) in [7, 11) is 4.75. The molecular formula is C27H26N2O5S. The SMILES string of the molecule is COc1ccc([C@H]2S/C(=C\c3ccc(OC)cc3OC)C(=O)N2NC(=O)Cc2ccccc2)cc1. The summed E-state index contributed by atoms with van der Waals surface area (Å²) in [6.45, 7) is 0. The van der Waals surface area contributed by atoms with E-state index in [1.807, 2.05) is 60.7 Å². The third-order valence-corrected chi connectivity index (χ3v) is 6.74. The number of hydrazine groups is 1. The van der Waals surface area contributed by atoms with Crippen LogP contribution in [-0.2, 0) is 16.0 Å². The van der Waals surface area contributed by atoms with E-state index in [1.165, 1.54) is 16.8 Å². The van der Waals surface area contributed by atoms with Crippen molar-refractivity contribution in [2.24, 2.45) is 0 Å². The van der Waals surface area contributed by atoms with Crippen LogP contribution in [0.5, 0.6) is 17.2 Å². The maximum Gasteiger partial charge on any atom is 0.280 e. The zero-order chi connectivity index (χ0) is 24.8. The summed E-state index contributed by atoms with van der Waals surface area (Å²) in [6.07, 6.45) is 1.93. The predicted octanol–water partition coefficient (Wildman–Crippen LogP) is 4.60. The fourth-order valence-electron chi connectivity index (χ4n) is 3.67. The van der Waals surface area contributed by atoms with E-state index in [9.17, 15) is 9.59 Å². The zero-order valence-electron chi connectivity index (χ0n) is 19.7. The molecule has 0 bridgehead atoms. The number of hydrogen-bond donors (Lipinski definition) is 1. The van der Waals surface area contributed by atoms with Crippen LogP contribution in [0, 0.1) is 0 Å². The number of carbonyl (C=O) groups excluding carboxylic acids is 2. The molecule has 35 heavy (non-hydrogen) atoms. The Kier molecular flexibility index (Phi) is 7.62. The second-order valence-electron chi connectivity index (χ2n) is 7.73. The number of benzene rings is 3. The molecule has 8 heteroatoms. The van der Waals surface area contributed by atoms with Crippen LogP contribution in [0.15, 0.2) is 77.7 Å². The Morgan fingerprint density at radius 3 is 2.29 bits per heavy atom.